The molecule has 0 bridgehead atoms. The van der Waals surface area contributed by atoms with Gasteiger partial charge in [0.25, 0.3) is 5.91 Å². The summed E-state index contributed by atoms with van der Waals surface area (Å²) in [5, 5.41) is 3.15. The molecular formula is C20H19ClN4O3. The highest BCUT2D eigenvalue weighted by molar-refractivity contribution is 6.32. The lowest BCUT2D eigenvalue weighted by molar-refractivity contribution is 0.102. The van der Waals surface area contributed by atoms with E-state index in [9.17, 15) is 4.79 Å². The van der Waals surface area contributed by atoms with Crippen molar-refractivity contribution in [3.05, 3.63) is 65.4 Å². The van der Waals surface area contributed by atoms with E-state index in [2.05, 4.69) is 15.3 Å². The third kappa shape index (κ3) is 4.15. The summed E-state index contributed by atoms with van der Waals surface area (Å²) in [4.78, 5) is 23.0. The fourth-order valence-corrected chi connectivity index (χ4v) is 2.76. The maximum atomic E-state index is 12.6. The van der Waals surface area contributed by atoms with E-state index in [1.54, 1.807) is 12.1 Å². The molecule has 0 aliphatic heterocycles. The molecule has 0 aliphatic rings. The minimum Gasteiger partial charge on any atom is -0.495 e. The van der Waals surface area contributed by atoms with E-state index in [4.69, 9.17) is 21.1 Å². The summed E-state index contributed by atoms with van der Waals surface area (Å²) in [5.74, 6) is 0.944. The van der Waals surface area contributed by atoms with Gasteiger partial charge in [0.1, 0.15) is 11.5 Å². The van der Waals surface area contributed by atoms with Crippen LogP contribution in [0.25, 0.3) is 0 Å². The lowest BCUT2D eigenvalue weighted by Gasteiger charge is -2.17. The number of methoxy groups -OCH3 is 2. The highest BCUT2D eigenvalue weighted by Gasteiger charge is 2.15. The van der Waals surface area contributed by atoms with Gasteiger partial charge in [0.2, 0.25) is 5.95 Å². The minimum atomic E-state index is -0.378. The Morgan fingerprint density at radius 1 is 1.04 bits per heavy atom. The van der Waals surface area contributed by atoms with Crippen molar-refractivity contribution >= 4 is 34.8 Å². The fourth-order valence-electron chi connectivity index (χ4n) is 2.53. The summed E-state index contributed by atoms with van der Waals surface area (Å²) in [7, 11) is 4.84. The smallest absolute Gasteiger partial charge is 0.258 e. The Morgan fingerprint density at radius 3 is 2.29 bits per heavy atom. The summed E-state index contributed by atoms with van der Waals surface area (Å²) < 4.78 is 10.5. The van der Waals surface area contributed by atoms with E-state index >= 15 is 0 Å². The van der Waals surface area contributed by atoms with Crippen LogP contribution in [0.15, 0.2) is 54.9 Å². The number of benzene rings is 2. The molecule has 144 valence electrons. The summed E-state index contributed by atoms with van der Waals surface area (Å²) >= 11 is 6.09. The van der Waals surface area contributed by atoms with E-state index in [1.807, 2.05) is 42.3 Å². The van der Waals surface area contributed by atoms with Gasteiger partial charge in [0.05, 0.1) is 30.5 Å². The number of halogens is 1. The first-order valence-corrected chi connectivity index (χ1v) is 8.75. The molecule has 0 atom stereocenters. The number of carbonyl (C=O) groups is 1. The summed E-state index contributed by atoms with van der Waals surface area (Å²) in [6.07, 6.45) is 2.94. The predicted octanol–water partition coefficient (Wildman–Crippen LogP) is 4.17. The molecule has 0 spiro atoms. The first-order chi connectivity index (χ1) is 13.5. The molecule has 28 heavy (non-hydrogen) atoms. The average Bonchev–Trinajstić information content (AvgIpc) is 2.74. The maximum absolute atomic E-state index is 12.6. The Hall–Kier alpha value is -3.32. The second-order valence-electron chi connectivity index (χ2n) is 5.81. The number of rotatable bonds is 6. The van der Waals surface area contributed by atoms with Crippen LogP contribution in [-0.2, 0) is 0 Å². The monoisotopic (exact) mass is 398 g/mol. The zero-order chi connectivity index (χ0) is 20.1. The van der Waals surface area contributed by atoms with Crippen LogP contribution in [0.2, 0.25) is 5.02 Å². The molecule has 7 nitrogen and oxygen atoms in total. The van der Waals surface area contributed by atoms with Crippen molar-refractivity contribution in [3.8, 4) is 11.5 Å². The van der Waals surface area contributed by atoms with Crippen LogP contribution in [-0.4, -0.2) is 37.1 Å². The van der Waals surface area contributed by atoms with Crippen LogP contribution < -0.4 is 19.7 Å². The van der Waals surface area contributed by atoms with Crippen LogP contribution in [0.3, 0.4) is 0 Å². The van der Waals surface area contributed by atoms with Gasteiger partial charge < -0.3 is 19.7 Å². The third-order valence-electron chi connectivity index (χ3n) is 4.07. The number of hydrogen-bond donors (Lipinski definition) is 1. The molecule has 2 aromatic carbocycles. The van der Waals surface area contributed by atoms with Gasteiger partial charge in [-0.25, -0.2) is 9.97 Å². The number of anilines is 3. The number of ether oxygens (including phenoxy) is 2. The standard InChI is InChI=1S/C20H19ClN4O3/c1-25(14-7-5-4-6-8-14)20-22-11-13(12-23-20)19(26)24-16-10-17(27-2)15(21)9-18(16)28-3/h4-12H,1-3H3,(H,24,26). The molecule has 0 saturated carbocycles. The lowest BCUT2D eigenvalue weighted by Crippen LogP contribution is -2.16. The second kappa shape index (κ2) is 8.58. The molecule has 0 radical (unpaired) electrons. The summed E-state index contributed by atoms with van der Waals surface area (Å²) in [6, 6.07) is 12.9. The van der Waals surface area contributed by atoms with Crippen molar-refractivity contribution in [1.82, 2.24) is 9.97 Å². The number of nitrogens with zero attached hydrogens (tertiary/aromatic N) is 3. The average molecular weight is 399 g/mol. The third-order valence-corrected chi connectivity index (χ3v) is 4.36. The first kappa shape index (κ1) is 19.4. The molecule has 0 saturated heterocycles. The molecule has 1 N–H and O–H groups in total. The normalized spacial score (nSPS) is 10.3. The minimum absolute atomic E-state index is 0.307. The van der Waals surface area contributed by atoms with Gasteiger partial charge in [-0.1, -0.05) is 29.8 Å². The molecule has 8 heteroatoms. The van der Waals surface area contributed by atoms with Gasteiger partial charge >= 0.3 is 0 Å². The van der Waals surface area contributed by atoms with Crippen LogP contribution in [0, 0.1) is 0 Å². The van der Waals surface area contributed by atoms with Crippen molar-refractivity contribution in [2.45, 2.75) is 0 Å². The molecule has 3 rings (SSSR count). The quantitative estimate of drug-likeness (QED) is 0.671. The van der Waals surface area contributed by atoms with Crippen LogP contribution in [0.4, 0.5) is 17.3 Å². The number of carbonyl (C=O) groups excluding carboxylic acids is 1. The van der Waals surface area contributed by atoms with E-state index in [0.717, 1.165) is 5.69 Å². The topological polar surface area (TPSA) is 76.6 Å². The highest BCUT2D eigenvalue weighted by Crippen LogP contribution is 2.36. The zero-order valence-corrected chi connectivity index (χ0v) is 16.4. The van der Waals surface area contributed by atoms with Crippen molar-refractivity contribution in [1.29, 1.82) is 0 Å². The first-order valence-electron chi connectivity index (χ1n) is 8.37. The molecule has 3 aromatic rings. The Morgan fingerprint density at radius 2 is 1.68 bits per heavy atom. The van der Waals surface area contributed by atoms with E-state index in [1.165, 1.54) is 26.6 Å². The van der Waals surface area contributed by atoms with Gasteiger partial charge in [0, 0.05) is 37.3 Å². The van der Waals surface area contributed by atoms with E-state index < -0.39 is 0 Å². The number of aromatic nitrogens is 2. The summed E-state index contributed by atoms with van der Waals surface area (Å²) in [5.41, 5.74) is 1.68. The summed E-state index contributed by atoms with van der Waals surface area (Å²) in [6.45, 7) is 0. The molecular weight excluding hydrogens is 380 g/mol. The number of amides is 1. The van der Waals surface area contributed by atoms with Crippen molar-refractivity contribution in [3.63, 3.8) is 0 Å². The molecule has 0 aliphatic carbocycles. The predicted molar refractivity (Wildman–Crippen MR) is 109 cm³/mol. The van der Waals surface area contributed by atoms with E-state index in [0.29, 0.717) is 33.7 Å². The molecule has 0 fully saturated rings. The van der Waals surface area contributed by atoms with Gasteiger partial charge in [-0.15, -0.1) is 0 Å². The number of nitrogens with one attached hydrogen (secondary N) is 1. The van der Waals surface area contributed by atoms with Crippen molar-refractivity contribution in [2.24, 2.45) is 0 Å². The van der Waals surface area contributed by atoms with Crippen LogP contribution >= 0.6 is 11.6 Å². The number of para-hydroxylation sites is 1. The fraction of sp³-hybridized carbons (Fsp3) is 0.150. The maximum Gasteiger partial charge on any atom is 0.258 e. The second-order valence-corrected chi connectivity index (χ2v) is 6.21. The Balaban J connectivity index is 1.79. The largest absolute Gasteiger partial charge is 0.495 e. The van der Waals surface area contributed by atoms with Gasteiger partial charge in [-0.2, -0.15) is 0 Å². The van der Waals surface area contributed by atoms with Crippen LogP contribution in [0.1, 0.15) is 10.4 Å². The van der Waals surface area contributed by atoms with Gasteiger partial charge in [-0.3, -0.25) is 4.79 Å². The zero-order valence-electron chi connectivity index (χ0n) is 15.6. The molecule has 0 unspecified atom stereocenters. The van der Waals surface area contributed by atoms with Gasteiger partial charge in [0.15, 0.2) is 0 Å². The Kier molecular flexibility index (Phi) is 5.96. The van der Waals surface area contributed by atoms with Gasteiger partial charge in [-0.05, 0) is 12.1 Å². The molecule has 1 aromatic heterocycles. The SMILES string of the molecule is COc1cc(NC(=O)c2cnc(N(C)c3ccccc3)nc2)c(OC)cc1Cl. The lowest BCUT2D eigenvalue weighted by atomic mass is 10.2. The van der Waals surface area contributed by atoms with Crippen molar-refractivity contribution < 1.29 is 14.3 Å². The molecule has 1 amide bonds. The Labute approximate surface area is 167 Å². The van der Waals surface area contributed by atoms with Crippen LogP contribution in [0.5, 0.6) is 11.5 Å². The van der Waals surface area contributed by atoms with E-state index in [-0.39, 0.29) is 5.91 Å². The van der Waals surface area contributed by atoms with Crippen molar-refractivity contribution in [2.75, 3.05) is 31.5 Å². The highest BCUT2D eigenvalue weighted by atomic mass is 35.5. The molecule has 1 heterocycles. The Bertz CT molecular complexity index is 965. The number of hydrogen-bond acceptors (Lipinski definition) is 6.